The highest BCUT2D eigenvalue weighted by atomic mass is 16.6. The van der Waals surface area contributed by atoms with Gasteiger partial charge in [0.15, 0.2) is 6.10 Å². The smallest absolute Gasteiger partial charge is 0.271 e. The molecule has 1 N–H and O–H groups in total. The molecule has 3 rings (SSSR count). The van der Waals surface area contributed by atoms with Crippen LogP contribution >= 0.6 is 0 Å². The van der Waals surface area contributed by atoms with Crippen LogP contribution in [0, 0.1) is 16.0 Å². The molecule has 2 atom stereocenters. The van der Waals surface area contributed by atoms with Crippen molar-refractivity contribution in [1.29, 1.82) is 0 Å². The minimum Gasteiger partial charge on any atom is -0.495 e. The summed E-state index contributed by atoms with van der Waals surface area (Å²) in [6.45, 7) is 5.22. The number of para-hydroxylation sites is 2. The Kier molecular flexibility index (Phi) is 5.91. The lowest BCUT2D eigenvalue weighted by Gasteiger charge is -2.38. The van der Waals surface area contributed by atoms with Crippen molar-refractivity contribution in [3.8, 4) is 11.5 Å². The minimum atomic E-state index is -0.951. The molecule has 1 aliphatic heterocycles. The van der Waals surface area contributed by atoms with Crippen LogP contribution in [0.15, 0.2) is 42.5 Å². The second kappa shape index (κ2) is 8.40. The van der Waals surface area contributed by atoms with Crippen molar-refractivity contribution in [2.24, 2.45) is 5.92 Å². The summed E-state index contributed by atoms with van der Waals surface area (Å²) in [4.78, 5) is 38.1. The van der Waals surface area contributed by atoms with Gasteiger partial charge in [0.1, 0.15) is 17.5 Å². The first-order valence-electron chi connectivity index (χ1n) is 9.46. The van der Waals surface area contributed by atoms with Gasteiger partial charge >= 0.3 is 0 Å². The van der Waals surface area contributed by atoms with Gasteiger partial charge in [0.2, 0.25) is 5.91 Å². The third kappa shape index (κ3) is 3.91. The Labute approximate surface area is 173 Å². The highest BCUT2D eigenvalue weighted by molar-refractivity contribution is 6.08. The summed E-state index contributed by atoms with van der Waals surface area (Å²) in [5.41, 5.74) is 0.446. The standard InChI is InChI=1S/C21H23N3O6/c1-12(2)19-21(26)23(16-11-14(24(27)28)9-10-18(16)30-19)13(3)20(25)22-15-7-5-6-8-17(15)29-4/h5-13,19H,1-4H3,(H,22,25). The number of non-ortho nitro benzene ring substituents is 1. The second-order valence-corrected chi connectivity index (χ2v) is 7.27. The Morgan fingerprint density at radius 3 is 2.57 bits per heavy atom. The summed E-state index contributed by atoms with van der Waals surface area (Å²) in [5, 5.41) is 14.0. The molecule has 0 radical (unpaired) electrons. The van der Waals surface area contributed by atoms with Crippen molar-refractivity contribution < 1.29 is 24.0 Å². The lowest BCUT2D eigenvalue weighted by atomic mass is 10.0. The molecule has 2 amide bonds. The van der Waals surface area contributed by atoms with Crippen LogP contribution in [-0.4, -0.2) is 36.0 Å². The van der Waals surface area contributed by atoms with Gasteiger partial charge in [0, 0.05) is 12.1 Å². The monoisotopic (exact) mass is 413 g/mol. The predicted octanol–water partition coefficient (Wildman–Crippen LogP) is 3.38. The highest BCUT2D eigenvalue weighted by Crippen LogP contribution is 2.39. The third-order valence-electron chi connectivity index (χ3n) is 4.88. The molecule has 9 heteroatoms. The van der Waals surface area contributed by atoms with Gasteiger partial charge in [-0.3, -0.25) is 24.6 Å². The fourth-order valence-electron chi connectivity index (χ4n) is 3.27. The van der Waals surface area contributed by atoms with E-state index in [1.807, 2.05) is 13.8 Å². The maximum absolute atomic E-state index is 13.2. The normalized spacial score (nSPS) is 16.5. The van der Waals surface area contributed by atoms with E-state index < -0.39 is 28.9 Å². The van der Waals surface area contributed by atoms with Gasteiger partial charge in [-0.1, -0.05) is 26.0 Å². The number of nitro groups is 1. The van der Waals surface area contributed by atoms with Crippen molar-refractivity contribution >= 4 is 28.9 Å². The minimum absolute atomic E-state index is 0.159. The number of amides is 2. The quantitative estimate of drug-likeness (QED) is 0.574. The molecule has 2 aromatic carbocycles. The molecule has 0 fully saturated rings. The van der Waals surface area contributed by atoms with Crippen molar-refractivity contribution in [3.05, 3.63) is 52.6 Å². The van der Waals surface area contributed by atoms with Gasteiger partial charge in [-0.05, 0) is 31.0 Å². The first-order valence-corrected chi connectivity index (χ1v) is 9.46. The van der Waals surface area contributed by atoms with E-state index in [4.69, 9.17) is 9.47 Å². The Morgan fingerprint density at radius 2 is 1.93 bits per heavy atom. The molecule has 158 valence electrons. The van der Waals surface area contributed by atoms with Crippen LogP contribution in [-0.2, 0) is 9.59 Å². The summed E-state index contributed by atoms with van der Waals surface area (Å²) in [6, 6.07) is 9.96. The number of hydrogen-bond donors (Lipinski definition) is 1. The number of nitro benzene ring substituents is 1. The predicted molar refractivity (Wildman–Crippen MR) is 111 cm³/mol. The zero-order chi connectivity index (χ0) is 22.0. The lowest BCUT2D eigenvalue weighted by Crippen LogP contribution is -2.55. The van der Waals surface area contributed by atoms with Gasteiger partial charge in [0.05, 0.1) is 23.4 Å². The number of methoxy groups -OCH3 is 1. The number of nitrogens with one attached hydrogen (secondary N) is 1. The van der Waals surface area contributed by atoms with Gasteiger partial charge < -0.3 is 14.8 Å². The summed E-state index contributed by atoms with van der Waals surface area (Å²) >= 11 is 0. The molecular weight excluding hydrogens is 390 g/mol. The number of rotatable bonds is 6. The molecule has 30 heavy (non-hydrogen) atoms. The van der Waals surface area contributed by atoms with E-state index in [-0.39, 0.29) is 17.3 Å². The summed E-state index contributed by atoms with van der Waals surface area (Å²) in [7, 11) is 1.49. The fraction of sp³-hybridized carbons (Fsp3) is 0.333. The van der Waals surface area contributed by atoms with E-state index >= 15 is 0 Å². The zero-order valence-corrected chi connectivity index (χ0v) is 17.1. The molecule has 0 spiro atoms. The number of fused-ring (bicyclic) bond motifs is 1. The summed E-state index contributed by atoms with van der Waals surface area (Å²) in [5.74, 6) is -0.263. The van der Waals surface area contributed by atoms with Gasteiger partial charge in [0.25, 0.3) is 11.6 Å². The molecule has 0 saturated heterocycles. The fourth-order valence-corrected chi connectivity index (χ4v) is 3.27. The molecule has 2 unspecified atom stereocenters. The maximum atomic E-state index is 13.2. The first-order chi connectivity index (χ1) is 14.2. The SMILES string of the molecule is COc1ccccc1NC(=O)C(C)N1C(=O)C(C(C)C)Oc2ccc([N+](=O)[O-])cc21. The average Bonchev–Trinajstić information content (AvgIpc) is 2.72. The average molecular weight is 413 g/mol. The van der Waals surface area contributed by atoms with Crippen LogP contribution < -0.4 is 19.7 Å². The number of ether oxygens (including phenoxy) is 2. The van der Waals surface area contributed by atoms with Crippen LogP contribution in [0.3, 0.4) is 0 Å². The third-order valence-corrected chi connectivity index (χ3v) is 4.88. The van der Waals surface area contributed by atoms with E-state index in [0.717, 1.165) is 0 Å². The number of hydrogen-bond acceptors (Lipinski definition) is 6. The number of carbonyl (C=O) groups excluding carboxylic acids is 2. The second-order valence-electron chi connectivity index (χ2n) is 7.27. The number of benzene rings is 2. The molecular formula is C21H23N3O6. The van der Waals surface area contributed by atoms with E-state index in [2.05, 4.69) is 5.32 Å². The Hall–Kier alpha value is -3.62. The molecule has 0 aromatic heterocycles. The van der Waals surface area contributed by atoms with Gasteiger partial charge in [-0.25, -0.2) is 0 Å². The largest absolute Gasteiger partial charge is 0.495 e. The van der Waals surface area contributed by atoms with Crippen molar-refractivity contribution in [1.82, 2.24) is 0 Å². The van der Waals surface area contributed by atoms with Crippen LogP contribution in [0.4, 0.5) is 17.1 Å². The molecule has 1 heterocycles. The highest BCUT2D eigenvalue weighted by Gasteiger charge is 2.41. The first kappa shape index (κ1) is 21.1. The van der Waals surface area contributed by atoms with Crippen LogP contribution in [0.5, 0.6) is 11.5 Å². The molecule has 0 bridgehead atoms. The van der Waals surface area contributed by atoms with E-state index in [1.54, 1.807) is 31.2 Å². The van der Waals surface area contributed by atoms with Crippen molar-refractivity contribution in [3.63, 3.8) is 0 Å². The van der Waals surface area contributed by atoms with E-state index in [1.165, 1.54) is 30.2 Å². The molecule has 9 nitrogen and oxygen atoms in total. The molecule has 0 saturated carbocycles. The number of nitrogens with zero attached hydrogens (tertiary/aromatic N) is 2. The zero-order valence-electron chi connectivity index (χ0n) is 17.1. The van der Waals surface area contributed by atoms with Crippen molar-refractivity contribution in [2.45, 2.75) is 32.9 Å². The van der Waals surface area contributed by atoms with Gasteiger partial charge in [-0.2, -0.15) is 0 Å². The van der Waals surface area contributed by atoms with Crippen molar-refractivity contribution in [2.75, 3.05) is 17.3 Å². The van der Waals surface area contributed by atoms with Crippen LogP contribution in [0.2, 0.25) is 0 Å². The van der Waals surface area contributed by atoms with Crippen LogP contribution in [0.1, 0.15) is 20.8 Å². The Morgan fingerprint density at radius 1 is 1.23 bits per heavy atom. The van der Waals surface area contributed by atoms with Crippen LogP contribution in [0.25, 0.3) is 0 Å². The Balaban J connectivity index is 1.99. The summed E-state index contributed by atoms with van der Waals surface area (Å²) < 4.78 is 11.0. The maximum Gasteiger partial charge on any atom is 0.271 e. The summed E-state index contributed by atoms with van der Waals surface area (Å²) in [6.07, 6.45) is -0.805. The number of carbonyl (C=O) groups is 2. The van der Waals surface area contributed by atoms with E-state index in [9.17, 15) is 19.7 Å². The lowest BCUT2D eigenvalue weighted by molar-refractivity contribution is -0.384. The topological polar surface area (TPSA) is 111 Å². The molecule has 1 aliphatic rings. The molecule has 0 aliphatic carbocycles. The Bertz CT molecular complexity index is 990. The number of anilines is 2. The molecule has 2 aromatic rings. The van der Waals surface area contributed by atoms with Gasteiger partial charge in [-0.15, -0.1) is 0 Å². The van der Waals surface area contributed by atoms with E-state index in [0.29, 0.717) is 17.2 Å².